The first-order valence-electron chi connectivity index (χ1n) is 10.9. The summed E-state index contributed by atoms with van der Waals surface area (Å²) in [5.74, 6) is -0.737. The highest BCUT2D eigenvalue weighted by Gasteiger charge is 2.64. The van der Waals surface area contributed by atoms with E-state index < -0.39 is 24.0 Å². The lowest BCUT2D eigenvalue weighted by atomic mass is 9.96. The molecule has 1 saturated carbocycles. The third kappa shape index (κ3) is 2.84. The number of para-hydroxylation sites is 1. The maximum absolute atomic E-state index is 13.6. The molecule has 1 atom stereocenters. The molecule has 2 aromatic rings. The van der Waals surface area contributed by atoms with Crippen molar-refractivity contribution in [3.8, 4) is 11.5 Å². The highest BCUT2D eigenvalue weighted by Crippen LogP contribution is 2.49. The predicted octanol–water partition coefficient (Wildman–Crippen LogP) is 2.28. The molecule has 4 aliphatic rings. The van der Waals surface area contributed by atoms with Crippen LogP contribution in [0.25, 0.3) is 0 Å². The molecular weight excluding hydrogens is 428 g/mol. The molecule has 9 nitrogen and oxygen atoms in total. The zero-order chi connectivity index (χ0) is 22.7. The quantitative estimate of drug-likeness (QED) is 0.511. The van der Waals surface area contributed by atoms with Crippen molar-refractivity contribution < 1.29 is 33.4 Å². The van der Waals surface area contributed by atoms with Crippen LogP contribution in [0.1, 0.15) is 46.4 Å². The van der Waals surface area contributed by atoms with E-state index in [0.29, 0.717) is 28.3 Å². The van der Waals surface area contributed by atoms with Crippen LogP contribution in [0.4, 0.5) is 5.69 Å². The van der Waals surface area contributed by atoms with Crippen LogP contribution in [0.2, 0.25) is 0 Å². The zero-order valence-electron chi connectivity index (χ0n) is 17.6. The van der Waals surface area contributed by atoms with Crippen LogP contribution in [0.15, 0.2) is 42.5 Å². The van der Waals surface area contributed by atoms with Crippen molar-refractivity contribution in [1.29, 1.82) is 0 Å². The van der Waals surface area contributed by atoms with Crippen molar-refractivity contribution in [2.75, 3.05) is 18.3 Å². The van der Waals surface area contributed by atoms with E-state index in [-0.39, 0.29) is 37.5 Å². The monoisotopic (exact) mass is 448 g/mol. The number of Topliss-reactive ketones (excluding diaryl/α,β-unsaturated/α-hetero) is 1. The third-order valence-corrected chi connectivity index (χ3v) is 6.57. The number of carbonyl (C=O) groups is 4. The molecular formula is C24H20N2O7. The van der Waals surface area contributed by atoms with E-state index in [9.17, 15) is 19.2 Å². The predicted molar refractivity (Wildman–Crippen MR) is 113 cm³/mol. The molecule has 2 aromatic carbocycles. The van der Waals surface area contributed by atoms with E-state index in [1.807, 2.05) is 0 Å². The van der Waals surface area contributed by atoms with Crippen LogP contribution >= 0.6 is 0 Å². The largest absolute Gasteiger partial charge is 0.454 e. The van der Waals surface area contributed by atoms with Crippen LogP contribution in [-0.2, 0) is 14.3 Å². The fraction of sp³-hybridized carbons (Fsp3) is 0.333. The van der Waals surface area contributed by atoms with E-state index in [2.05, 4.69) is 0 Å². The van der Waals surface area contributed by atoms with Crippen LogP contribution in [0.5, 0.6) is 11.5 Å². The molecule has 0 spiro atoms. The van der Waals surface area contributed by atoms with Gasteiger partial charge in [-0.15, -0.1) is 0 Å². The Labute approximate surface area is 188 Å². The Morgan fingerprint density at radius 2 is 1.85 bits per heavy atom. The molecule has 0 bridgehead atoms. The molecule has 0 radical (unpaired) electrons. The van der Waals surface area contributed by atoms with Crippen molar-refractivity contribution in [2.24, 2.45) is 0 Å². The van der Waals surface area contributed by atoms with Gasteiger partial charge in [-0.2, -0.15) is 0 Å². The standard InChI is InChI=1S/C24H20N2O7/c27-18(14-5-8-19-20(11-14)33-13-32-19)12-31-23(30)24-10-9-21(28)26(24)17-4-2-1-3-16(17)22(29)25(24)15-6-7-15/h1-5,8,11,15H,6-7,9-10,12-13H2. The summed E-state index contributed by atoms with van der Waals surface area (Å²) in [4.78, 5) is 55.6. The summed E-state index contributed by atoms with van der Waals surface area (Å²) in [6.07, 6.45) is 1.73. The summed E-state index contributed by atoms with van der Waals surface area (Å²) < 4.78 is 16.0. The topological polar surface area (TPSA) is 102 Å². The van der Waals surface area contributed by atoms with Gasteiger partial charge in [-0.1, -0.05) is 12.1 Å². The number of nitrogens with zero attached hydrogens (tertiary/aromatic N) is 2. The lowest BCUT2D eigenvalue weighted by Crippen LogP contribution is -2.69. The number of benzene rings is 2. The third-order valence-electron chi connectivity index (χ3n) is 6.57. The number of hydrogen-bond acceptors (Lipinski definition) is 7. The van der Waals surface area contributed by atoms with Gasteiger partial charge in [-0.3, -0.25) is 19.3 Å². The minimum atomic E-state index is -1.57. The molecule has 2 fully saturated rings. The Hall–Kier alpha value is -3.88. The van der Waals surface area contributed by atoms with Gasteiger partial charge in [-0.05, 0) is 43.2 Å². The van der Waals surface area contributed by atoms with E-state index in [1.54, 1.807) is 42.5 Å². The first-order chi connectivity index (χ1) is 16.0. The fourth-order valence-corrected chi connectivity index (χ4v) is 4.91. The Bertz CT molecular complexity index is 1220. The van der Waals surface area contributed by atoms with E-state index in [0.717, 1.165) is 12.8 Å². The number of anilines is 1. The summed E-state index contributed by atoms with van der Waals surface area (Å²) in [5.41, 5.74) is -0.466. The van der Waals surface area contributed by atoms with Crippen molar-refractivity contribution in [1.82, 2.24) is 4.90 Å². The molecule has 0 N–H and O–H groups in total. The summed E-state index contributed by atoms with van der Waals surface area (Å²) >= 11 is 0. The van der Waals surface area contributed by atoms with Gasteiger partial charge in [0.15, 0.2) is 23.9 Å². The van der Waals surface area contributed by atoms with Gasteiger partial charge in [0.2, 0.25) is 18.4 Å². The van der Waals surface area contributed by atoms with E-state index in [1.165, 1.54) is 9.80 Å². The van der Waals surface area contributed by atoms with Crippen molar-refractivity contribution in [3.05, 3.63) is 53.6 Å². The summed E-state index contributed by atoms with van der Waals surface area (Å²) in [6, 6.07) is 11.4. The second-order valence-electron chi connectivity index (χ2n) is 8.54. The molecule has 6 rings (SSSR count). The highest BCUT2D eigenvalue weighted by molar-refractivity contribution is 6.16. The van der Waals surface area contributed by atoms with Crippen molar-refractivity contribution in [2.45, 2.75) is 37.4 Å². The first kappa shape index (κ1) is 19.8. The van der Waals surface area contributed by atoms with Gasteiger partial charge in [0.1, 0.15) is 0 Å². The number of carbonyl (C=O) groups excluding carboxylic acids is 4. The van der Waals surface area contributed by atoms with E-state index in [4.69, 9.17) is 14.2 Å². The number of amides is 2. The number of fused-ring (bicyclic) bond motifs is 4. The highest BCUT2D eigenvalue weighted by atomic mass is 16.7. The van der Waals surface area contributed by atoms with Gasteiger partial charge in [-0.25, -0.2) is 4.79 Å². The number of esters is 1. The molecule has 2 amide bonds. The molecule has 0 aromatic heterocycles. The minimum absolute atomic E-state index is 0.0842. The number of ether oxygens (including phenoxy) is 3. The number of ketones is 1. The zero-order valence-corrected chi connectivity index (χ0v) is 17.6. The van der Waals surface area contributed by atoms with Crippen LogP contribution in [0.3, 0.4) is 0 Å². The Morgan fingerprint density at radius 3 is 2.67 bits per heavy atom. The normalized spacial score (nSPS) is 22.8. The maximum Gasteiger partial charge on any atom is 0.354 e. The van der Waals surface area contributed by atoms with Gasteiger partial charge in [0, 0.05) is 24.4 Å². The summed E-state index contributed by atoms with van der Waals surface area (Å²) in [7, 11) is 0. The Balaban J connectivity index is 1.31. The molecule has 1 aliphatic carbocycles. The average Bonchev–Trinajstić information content (AvgIpc) is 3.43. The van der Waals surface area contributed by atoms with Crippen LogP contribution in [0, 0.1) is 0 Å². The van der Waals surface area contributed by atoms with Gasteiger partial charge >= 0.3 is 5.97 Å². The molecule has 1 saturated heterocycles. The smallest absolute Gasteiger partial charge is 0.354 e. The second kappa shape index (κ2) is 7.06. The summed E-state index contributed by atoms with van der Waals surface area (Å²) in [6.45, 7) is -0.433. The second-order valence-corrected chi connectivity index (χ2v) is 8.54. The fourth-order valence-electron chi connectivity index (χ4n) is 4.91. The van der Waals surface area contributed by atoms with Crippen molar-refractivity contribution in [3.63, 3.8) is 0 Å². The average molecular weight is 448 g/mol. The molecule has 1 unspecified atom stereocenters. The van der Waals surface area contributed by atoms with Gasteiger partial charge in [0.05, 0.1) is 11.3 Å². The van der Waals surface area contributed by atoms with Gasteiger partial charge < -0.3 is 19.1 Å². The SMILES string of the molecule is O=C(COC(=O)C12CCC(=O)N1c1ccccc1C(=O)N2C1CC1)c1ccc2c(c1)OCO2. The maximum atomic E-state index is 13.6. The lowest BCUT2D eigenvalue weighted by molar-refractivity contribution is -0.156. The number of hydrogen-bond donors (Lipinski definition) is 0. The number of rotatable bonds is 5. The Morgan fingerprint density at radius 1 is 1.06 bits per heavy atom. The lowest BCUT2D eigenvalue weighted by Gasteiger charge is -2.48. The van der Waals surface area contributed by atoms with Crippen LogP contribution < -0.4 is 14.4 Å². The Kier molecular flexibility index (Phi) is 4.23. The summed E-state index contributed by atoms with van der Waals surface area (Å²) in [5, 5.41) is 0. The molecule has 3 heterocycles. The first-order valence-corrected chi connectivity index (χ1v) is 10.9. The van der Waals surface area contributed by atoms with Crippen molar-refractivity contribution >= 4 is 29.3 Å². The van der Waals surface area contributed by atoms with E-state index >= 15 is 0 Å². The van der Waals surface area contributed by atoms with Gasteiger partial charge in [0.25, 0.3) is 5.91 Å². The molecule has 168 valence electrons. The molecule has 9 heteroatoms. The van der Waals surface area contributed by atoms with Crippen LogP contribution in [-0.4, -0.2) is 53.6 Å². The molecule has 3 aliphatic heterocycles. The molecule has 33 heavy (non-hydrogen) atoms. The minimum Gasteiger partial charge on any atom is -0.454 e.